The highest BCUT2D eigenvalue weighted by Gasteiger charge is 2.34. The minimum atomic E-state index is -0.990. The summed E-state index contributed by atoms with van der Waals surface area (Å²) in [5.74, 6) is -1.28. The number of aliphatic hydroxyl groups excluding tert-OH is 1. The number of carbonyl (C=O) groups is 2. The number of hydrogen-bond acceptors (Lipinski definition) is 7. The van der Waals surface area contributed by atoms with E-state index in [9.17, 15) is 14.7 Å². The number of carboxylic acid groups (broad SMARTS) is 1. The summed E-state index contributed by atoms with van der Waals surface area (Å²) in [5, 5.41) is 21.3. The predicted molar refractivity (Wildman–Crippen MR) is 187 cm³/mol. The zero-order valence-corrected chi connectivity index (χ0v) is 27.7. The lowest BCUT2D eigenvalue weighted by Crippen LogP contribution is -2.49. The summed E-state index contributed by atoms with van der Waals surface area (Å²) in [6, 6.07) is 34.7. The van der Waals surface area contributed by atoms with Crippen LogP contribution in [0.1, 0.15) is 59.5 Å². The van der Waals surface area contributed by atoms with E-state index in [0.717, 1.165) is 79.1 Å². The number of amides is 1. The number of carboxylic acids is 1. The number of aliphatic hydroxyl groups is 1. The molecular formula is C40H45N3O6. The number of aliphatic carboxylic acids is 1. The first-order valence-electron chi connectivity index (χ1n) is 17.1. The first kappa shape index (κ1) is 34.5. The highest BCUT2D eigenvalue weighted by Crippen LogP contribution is 2.39. The molecule has 9 nitrogen and oxygen atoms in total. The Balaban J connectivity index is 1.13. The molecule has 4 aromatic rings. The van der Waals surface area contributed by atoms with Gasteiger partial charge in [0, 0.05) is 64.2 Å². The van der Waals surface area contributed by atoms with Crippen molar-refractivity contribution in [2.75, 3.05) is 32.7 Å². The lowest BCUT2D eigenvalue weighted by molar-refractivity contribution is -0.253. The van der Waals surface area contributed by atoms with Gasteiger partial charge in [-0.3, -0.25) is 19.4 Å². The van der Waals surface area contributed by atoms with Gasteiger partial charge in [0.25, 0.3) is 0 Å². The first-order chi connectivity index (χ1) is 23.9. The molecule has 6 rings (SSSR count). The van der Waals surface area contributed by atoms with Crippen LogP contribution in [0.3, 0.4) is 0 Å². The van der Waals surface area contributed by atoms with Gasteiger partial charge in [-0.25, -0.2) is 0 Å². The molecule has 256 valence electrons. The van der Waals surface area contributed by atoms with E-state index in [4.69, 9.17) is 14.6 Å². The van der Waals surface area contributed by atoms with Crippen LogP contribution in [0.5, 0.6) is 0 Å². The van der Waals surface area contributed by atoms with Crippen LogP contribution < -0.4 is 5.32 Å². The molecule has 49 heavy (non-hydrogen) atoms. The van der Waals surface area contributed by atoms with Crippen LogP contribution in [-0.2, 0) is 38.8 Å². The van der Waals surface area contributed by atoms with E-state index in [0.29, 0.717) is 6.54 Å². The third-order valence-electron chi connectivity index (χ3n) is 9.34. The van der Waals surface area contributed by atoms with Crippen molar-refractivity contribution in [2.24, 2.45) is 0 Å². The van der Waals surface area contributed by atoms with Crippen LogP contribution in [0.15, 0.2) is 103 Å². The Hall–Kier alpha value is -4.38. The highest BCUT2D eigenvalue weighted by atomic mass is 16.7. The molecule has 2 aliphatic heterocycles. The predicted octanol–water partition coefficient (Wildman–Crippen LogP) is 5.69. The first-order valence-corrected chi connectivity index (χ1v) is 17.1. The number of piperazine rings is 1. The fraction of sp³-hybridized carbons (Fsp3) is 0.350. The molecule has 0 unspecified atom stereocenters. The lowest BCUT2D eigenvalue weighted by atomic mass is 9.97. The smallest absolute Gasteiger partial charge is 0.303 e. The zero-order chi connectivity index (χ0) is 34.0. The van der Waals surface area contributed by atoms with Gasteiger partial charge in [-0.15, -0.1) is 0 Å². The topological polar surface area (TPSA) is 112 Å². The van der Waals surface area contributed by atoms with E-state index >= 15 is 0 Å². The molecule has 0 spiro atoms. The van der Waals surface area contributed by atoms with E-state index in [1.54, 1.807) is 0 Å². The molecule has 2 saturated heterocycles. The van der Waals surface area contributed by atoms with Gasteiger partial charge in [0.15, 0.2) is 6.29 Å². The van der Waals surface area contributed by atoms with Crippen molar-refractivity contribution in [2.45, 2.75) is 57.5 Å². The Labute approximate surface area is 288 Å². The van der Waals surface area contributed by atoms with Crippen LogP contribution >= 0.6 is 0 Å². The number of benzene rings is 4. The molecule has 0 radical (unpaired) electrons. The largest absolute Gasteiger partial charge is 0.481 e. The summed E-state index contributed by atoms with van der Waals surface area (Å²) in [6.45, 7) is 6.12. The second kappa shape index (κ2) is 16.8. The van der Waals surface area contributed by atoms with E-state index < -0.39 is 12.3 Å². The molecule has 2 aliphatic rings. The van der Waals surface area contributed by atoms with Crippen LogP contribution in [-0.4, -0.2) is 70.7 Å². The van der Waals surface area contributed by atoms with Crippen molar-refractivity contribution in [3.05, 3.63) is 131 Å². The van der Waals surface area contributed by atoms with Crippen molar-refractivity contribution in [3.63, 3.8) is 0 Å². The van der Waals surface area contributed by atoms with E-state index in [1.165, 1.54) is 5.56 Å². The standard InChI is InChI=1S/C40H45N3O6/c44-28-30-10-12-32(13-11-30)37-24-35(27-43-22-20-42(21-23-43)26-29-6-2-1-3-7-29)48-40(49-37)33-16-14-31(15-17-33)36-9-5-4-8-34(36)25-41-38(45)18-19-39(46)47/h1-17,35,37,40,44H,18-28H2,(H,41,45)(H,46,47)/t35-,37+,40+/m1/s1. The highest BCUT2D eigenvalue weighted by molar-refractivity contribution is 5.80. The van der Waals surface area contributed by atoms with Crippen LogP contribution in [0.2, 0.25) is 0 Å². The van der Waals surface area contributed by atoms with Crippen LogP contribution in [0, 0.1) is 0 Å². The van der Waals surface area contributed by atoms with Crippen molar-refractivity contribution >= 4 is 11.9 Å². The molecule has 2 heterocycles. The monoisotopic (exact) mass is 663 g/mol. The average Bonchev–Trinajstić information content (AvgIpc) is 3.14. The third kappa shape index (κ3) is 9.62. The normalized spacial score (nSPS) is 20.1. The number of hydrogen-bond donors (Lipinski definition) is 3. The van der Waals surface area contributed by atoms with Gasteiger partial charge in [-0.1, -0.05) is 103 Å². The quantitative estimate of drug-likeness (QED) is 0.167. The van der Waals surface area contributed by atoms with Gasteiger partial charge < -0.3 is 25.0 Å². The maximum Gasteiger partial charge on any atom is 0.303 e. The number of nitrogens with zero attached hydrogens (tertiary/aromatic N) is 2. The molecular weight excluding hydrogens is 618 g/mol. The number of ether oxygens (including phenoxy) is 2. The summed E-state index contributed by atoms with van der Waals surface area (Å²) < 4.78 is 13.3. The zero-order valence-electron chi connectivity index (χ0n) is 27.7. The molecule has 0 aromatic heterocycles. The maximum atomic E-state index is 12.2. The molecule has 0 saturated carbocycles. The number of nitrogens with one attached hydrogen (secondary N) is 1. The third-order valence-corrected chi connectivity index (χ3v) is 9.34. The fourth-order valence-corrected chi connectivity index (χ4v) is 6.57. The molecule has 3 N–H and O–H groups in total. The van der Waals surface area contributed by atoms with E-state index in [-0.39, 0.29) is 37.6 Å². The van der Waals surface area contributed by atoms with Gasteiger partial charge in [-0.05, 0) is 33.4 Å². The summed E-state index contributed by atoms with van der Waals surface area (Å²) in [4.78, 5) is 28.0. The van der Waals surface area contributed by atoms with Gasteiger partial charge in [0.05, 0.1) is 25.2 Å². The van der Waals surface area contributed by atoms with Crippen molar-refractivity contribution in [1.82, 2.24) is 15.1 Å². The maximum absolute atomic E-state index is 12.2. The molecule has 0 bridgehead atoms. The number of rotatable bonds is 13. The fourth-order valence-electron chi connectivity index (χ4n) is 6.57. The van der Waals surface area contributed by atoms with Gasteiger partial charge in [0.1, 0.15) is 0 Å². The minimum absolute atomic E-state index is 0.00296. The van der Waals surface area contributed by atoms with Gasteiger partial charge in [0.2, 0.25) is 5.91 Å². The average molecular weight is 664 g/mol. The summed E-state index contributed by atoms with van der Waals surface area (Å²) in [7, 11) is 0. The molecule has 4 aromatic carbocycles. The molecule has 1 amide bonds. The minimum Gasteiger partial charge on any atom is -0.481 e. The molecule has 9 heteroatoms. The van der Waals surface area contributed by atoms with Crippen molar-refractivity contribution < 1.29 is 29.3 Å². The molecule has 2 fully saturated rings. The van der Waals surface area contributed by atoms with E-state index in [2.05, 4.69) is 45.4 Å². The van der Waals surface area contributed by atoms with Gasteiger partial charge in [-0.2, -0.15) is 0 Å². The summed E-state index contributed by atoms with van der Waals surface area (Å²) in [5.41, 5.74) is 7.14. The molecule has 3 atom stereocenters. The van der Waals surface area contributed by atoms with Gasteiger partial charge >= 0.3 is 5.97 Å². The SMILES string of the molecule is O=C(O)CCC(=O)NCc1ccccc1-c1ccc([C@H]2O[C@@H](CN3CCN(Cc4ccccc4)CC3)C[C@@H](c3ccc(CO)cc3)O2)cc1. The second-order valence-corrected chi connectivity index (χ2v) is 12.9. The second-order valence-electron chi connectivity index (χ2n) is 12.9. The Morgan fingerprint density at radius 2 is 1.41 bits per heavy atom. The molecule has 0 aliphatic carbocycles. The summed E-state index contributed by atoms with van der Waals surface area (Å²) >= 11 is 0. The lowest BCUT2D eigenvalue weighted by Gasteiger charge is -2.40. The van der Waals surface area contributed by atoms with Crippen LogP contribution in [0.4, 0.5) is 0 Å². The Morgan fingerprint density at radius 3 is 2.12 bits per heavy atom. The van der Waals surface area contributed by atoms with Crippen molar-refractivity contribution in [3.8, 4) is 11.1 Å². The Kier molecular flexibility index (Phi) is 11.8. The summed E-state index contributed by atoms with van der Waals surface area (Å²) in [6.07, 6.45) is -0.220. The van der Waals surface area contributed by atoms with Crippen molar-refractivity contribution in [1.29, 1.82) is 0 Å². The number of carbonyl (C=O) groups excluding carboxylic acids is 1. The van der Waals surface area contributed by atoms with Crippen LogP contribution in [0.25, 0.3) is 11.1 Å². The Bertz CT molecular complexity index is 1660. The Morgan fingerprint density at radius 1 is 0.735 bits per heavy atom. The van der Waals surface area contributed by atoms with E-state index in [1.807, 2.05) is 72.8 Å².